The number of nitrogens with zero attached hydrogens (tertiary/aromatic N) is 1. The molecule has 3 atom stereocenters. The average Bonchev–Trinajstić information content (AvgIpc) is 2.71. The van der Waals surface area contributed by atoms with Crippen LogP contribution in [0.15, 0.2) is 29.0 Å². The van der Waals surface area contributed by atoms with E-state index in [2.05, 4.69) is 11.8 Å². The molecule has 1 aromatic rings. The van der Waals surface area contributed by atoms with Gasteiger partial charge in [0, 0.05) is 23.5 Å². The molecule has 3 aliphatic carbocycles. The number of carbonyl (C=O) groups is 3. The largest absolute Gasteiger partial charge is 0.508 e. The summed E-state index contributed by atoms with van der Waals surface area (Å²) >= 11 is 0. The highest BCUT2D eigenvalue weighted by molar-refractivity contribution is 6.22. The summed E-state index contributed by atoms with van der Waals surface area (Å²) in [5.41, 5.74) is 2.83. The van der Waals surface area contributed by atoms with Crippen molar-refractivity contribution in [1.82, 2.24) is 4.90 Å². The summed E-state index contributed by atoms with van der Waals surface area (Å²) in [6.45, 7) is 0.496. The van der Waals surface area contributed by atoms with Crippen molar-refractivity contribution in [2.75, 3.05) is 20.6 Å². The molecule has 1 saturated carbocycles. The lowest BCUT2D eigenvalue weighted by molar-refractivity contribution is -0.147. The van der Waals surface area contributed by atoms with Gasteiger partial charge >= 0.3 is 0 Å². The average molecular weight is 452 g/mol. The van der Waals surface area contributed by atoms with Crippen molar-refractivity contribution < 1.29 is 34.8 Å². The van der Waals surface area contributed by atoms with Gasteiger partial charge in [-0.2, -0.15) is 0 Å². The van der Waals surface area contributed by atoms with E-state index in [0.717, 1.165) is 0 Å². The number of Topliss-reactive ketones (excluding diaryl/α,β-unsaturated/α-hetero) is 2. The summed E-state index contributed by atoms with van der Waals surface area (Å²) in [6, 6.07) is 3.00. The predicted molar refractivity (Wildman–Crippen MR) is 117 cm³/mol. The molecule has 0 radical (unpaired) electrons. The fourth-order valence-corrected chi connectivity index (χ4v) is 5.03. The number of hydrogen-bond donors (Lipinski definition) is 5. The van der Waals surface area contributed by atoms with Gasteiger partial charge in [-0.05, 0) is 50.6 Å². The van der Waals surface area contributed by atoms with E-state index in [4.69, 9.17) is 5.73 Å². The summed E-state index contributed by atoms with van der Waals surface area (Å²) in [6.07, 6.45) is -0.0323. The number of fused-ring (bicyclic) bond motifs is 3. The second kappa shape index (κ2) is 7.76. The van der Waals surface area contributed by atoms with Crippen LogP contribution in [0.4, 0.5) is 0 Å². The van der Waals surface area contributed by atoms with Crippen molar-refractivity contribution in [2.45, 2.75) is 24.9 Å². The minimum absolute atomic E-state index is 0.0405. The Morgan fingerprint density at radius 1 is 1.21 bits per heavy atom. The van der Waals surface area contributed by atoms with Crippen LogP contribution in [-0.2, 0) is 20.8 Å². The Balaban J connectivity index is 1.88. The Bertz CT molecular complexity index is 1230. The van der Waals surface area contributed by atoms with E-state index in [9.17, 15) is 34.8 Å². The molecule has 0 unspecified atom stereocenters. The first kappa shape index (κ1) is 22.6. The lowest BCUT2D eigenvalue weighted by atomic mass is 9.59. The molecule has 0 aliphatic heterocycles. The summed E-state index contributed by atoms with van der Waals surface area (Å²) in [5.74, 6) is -0.407. The Kier molecular flexibility index (Phi) is 5.31. The van der Waals surface area contributed by atoms with Gasteiger partial charge in [0.05, 0.1) is 12.1 Å². The smallest absolute Gasteiger partial charge is 0.255 e. The van der Waals surface area contributed by atoms with Gasteiger partial charge < -0.3 is 26.2 Å². The molecule has 0 bridgehead atoms. The van der Waals surface area contributed by atoms with Crippen molar-refractivity contribution in [3.8, 4) is 17.6 Å². The van der Waals surface area contributed by atoms with E-state index in [-0.39, 0.29) is 36.1 Å². The molecule has 33 heavy (non-hydrogen) atoms. The monoisotopic (exact) mass is 452 g/mol. The molecule has 1 fully saturated rings. The number of aliphatic hydroxyl groups is 3. The van der Waals surface area contributed by atoms with Crippen LogP contribution in [-0.4, -0.2) is 69.0 Å². The maximum atomic E-state index is 13.4. The minimum Gasteiger partial charge on any atom is -0.508 e. The van der Waals surface area contributed by atoms with Gasteiger partial charge in [-0.25, -0.2) is 0 Å². The molecule has 172 valence electrons. The maximum absolute atomic E-state index is 13.4. The number of benzene rings is 1. The van der Waals surface area contributed by atoms with Crippen LogP contribution in [0.1, 0.15) is 29.5 Å². The van der Waals surface area contributed by atoms with Crippen LogP contribution >= 0.6 is 0 Å². The van der Waals surface area contributed by atoms with E-state index in [1.54, 1.807) is 6.07 Å². The number of aliphatic hydroxyl groups excluding tert-OH is 2. The Morgan fingerprint density at radius 3 is 2.55 bits per heavy atom. The topological polar surface area (TPSA) is 161 Å². The standard InChI is InChI=1S/C24H24N2O7/c1-26(2)7-3-4-11-5-6-15(27)18-14(11)9-12-8-13-10-16(28)19(23(25)32)22(31)24(13,33)21(30)17(12)20(18)29/h5-6,12-13,27,29,31,33H,7-10H2,1-2H3,(H2,25,32)/t12-,13+,24+/m1/s1. The number of primary amides is 1. The highest BCUT2D eigenvalue weighted by atomic mass is 16.3. The van der Waals surface area contributed by atoms with Crippen molar-refractivity contribution in [3.05, 3.63) is 45.7 Å². The van der Waals surface area contributed by atoms with E-state index in [0.29, 0.717) is 17.7 Å². The Labute approximate surface area is 189 Å². The maximum Gasteiger partial charge on any atom is 0.255 e. The third kappa shape index (κ3) is 3.30. The first-order valence-electron chi connectivity index (χ1n) is 10.4. The van der Waals surface area contributed by atoms with Crippen LogP contribution in [0.25, 0.3) is 5.76 Å². The zero-order valence-corrected chi connectivity index (χ0v) is 18.2. The van der Waals surface area contributed by atoms with Crippen LogP contribution in [0.3, 0.4) is 0 Å². The van der Waals surface area contributed by atoms with Crippen molar-refractivity contribution in [2.24, 2.45) is 17.6 Å². The fourth-order valence-electron chi connectivity index (χ4n) is 5.03. The van der Waals surface area contributed by atoms with Crippen LogP contribution < -0.4 is 5.73 Å². The van der Waals surface area contributed by atoms with Crippen molar-refractivity contribution in [3.63, 3.8) is 0 Å². The van der Waals surface area contributed by atoms with Crippen LogP contribution in [0.2, 0.25) is 0 Å². The minimum atomic E-state index is -2.56. The lowest BCUT2D eigenvalue weighted by Crippen LogP contribution is -2.58. The van der Waals surface area contributed by atoms with Gasteiger partial charge in [-0.1, -0.05) is 11.8 Å². The van der Waals surface area contributed by atoms with Gasteiger partial charge in [0.25, 0.3) is 5.91 Å². The third-order valence-electron chi connectivity index (χ3n) is 6.57. The van der Waals surface area contributed by atoms with E-state index < -0.39 is 52.0 Å². The van der Waals surface area contributed by atoms with Gasteiger partial charge in [-0.3, -0.25) is 19.3 Å². The Morgan fingerprint density at radius 2 is 1.91 bits per heavy atom. The number of carbonyl (C=O) groups excluding carboxylic acids is 3. The molecule has 9 nitrogen and oxygen atoms in total. The molecule has 4 rings (SSSR count). The SMILES string of the molecule is CN(C)CC#Cc1ccc(O)c2c1C[C@H]1C[C@H]3CC(=O)C(C(N)=O)=C(O)[C@@]3(O)C(=O)C1=C2O. The van der Waals surface area contributed by atoms with E-state index in [1.807, 2.05) is 19.0 Å². The normalized spacial score (nSPS) is 26.4. The van der Waals surface area contributed by atoms with E-state index in [1.165, 1.54) is 6.07 Å². The summed E-state index contributed by atoms with van der Waals surface area (Å²) in [4.78, 5) is 39.4. The van der Waals surface area contributed by atoms with Gasteiger partial charge in [0.2, 0.25) is 5.78 Å². The second-order valence-corrected chi connectivity index (χ2v) is 8.93. The van der Waals surface area contributed by atoms with Gasteiger partial charge in [0.1, 0.15) is 22.8 Å². The van der Waals surface area contributed by atoms with Gasteiger partial charge in [0.15, 0.2) is 11.4 Å². The zero-order chi connectivity index (χ0) is 24.2. The second-order valence-electron chi connectivity index (χ2n) is 8.93. The van der Waals surface area contributed by atoms with Crippen LogP contribution in [0, 0.1) is 23.7 Å². The first-order chi connectivity index (χ1) is 15.5. The molecule has 0 saturated heterocycles. The molecule has 3 aliphatic rings. The first-order valence-corrected chi connectivity index (χ1v) is 10.4. The molecular formula is C24H24N2O7. The number of aromatic hydroxyl groups is 1. The number of phenols is 1. The number of hydrogen-bond acceptors (Lipinski definition) is 8. The van der Waals surface area contributed by atoms with Gasteiger partial charge in [-0.15, -0.1) is 0 Å². The molecule has 6 N–H and O–H groups in total. The van der Waals surface area contributed by atoms with E-state index >= 15 is 0 Å². The summed E-state index contributed by atoms with van der Waals surface area (Å²) in [7, 11) is 3.74. The van der Waals surface area contributed by atoms with Crippen LogP contribution in [0.5, 0.6) is 5.75 Å². The molecule has 1 aromatic carbocycles. The number of amides is 1. The summed E-state index contributed by atoms with van der Waals surface area (Å²) < 4.78 is 0. The highest BCUT2D eigenvalue weighted by Gasteiger charge is 2.60. The molecule has 0 aromatic heterocycles. The number of phenolic OH excluding ortho intramolecular Hbond substituents is 1. The number of nitrogens with two attached hydrogens (primary N) is 1. The van der Waals surface area contributed by atoms with Crippen molar-refractivity contribution >= 4 is 23.2 Å². The molecular weight excluding hydrogens is 428 g/mol. The Hall–Kier alpha value is -3.61. The lowest BCUT2D eigenvalue weighted by Gasteiger charge is -2.46. The number of rotatable bonds is 2. The highest BCUT2D eigenvalue weighted by Crippen LogP contribution is 2.52. The molecule has 0 heterocycles. The zero-order valence-electron chi connectivity index (χ0n) is 18.2. The quantitative estimate of drug-likeness (QED) is 0.317. The molecule has 9 heteroatoms. The molecule has 1 amide bonds. The fraction of sp³-hybridized carbons (Fsp3) is 0.375. The predicted octanol–water partition coefficient (Wildman–Crippen LogP) is 0.337. The number of ketones is 2. The third-order valence-corrected chi connectivity index (χ3v) is 6.57. The molecule has 0 spiro atoms. The van der Waals surface area contributed by atoms with Crippen molar-refractivity contribution in [1.29, 1.82) is 0 Å². The summed E-state index contributed by atoms with van der Waals surface area (Å²) in [5, 5.41) is 43.3.